The average Bonchev–Trinajstić information content (AvgIpc) is 2.96. The quantitative estimate of drug-likeness (QED) is 0.534. The molecule has 0 aliphatic rings. The van der Waals surface area contributed by atoms with E-state index in [1.807, 2.05) is 0 Å². The number of amides is 1. The highest BCUT2D eigenvalue weighted by atomic mass is 19.2. The molecule has 0 radical (unpaired) electrons. The van der Waals surface area contributed by atoms with E-state index < -0.39 is 40.6 Å². The van der Waals surface area contributed by atoms with Crippen LogP contribution < -0.4 is 0 Å². The van der Waals surface area contributed by atoms with Gasteiger partial charge in [-0.3, -0.25) is 9.89 Å². The van der Waals surface area contributed by atoms with E-state index in [2.05, 4.69) is 15.2 Å². The van der Waals surface area contributed by atoms with Gasteiger partial charge in [0.2, 0.25) is 5.82 Å². The Labute approximate surface area is 114 Å². The highest BCUT2D eigenvalue weighted by Gasteiger charge is 2.31. The van der Waals surface area contributed by atoms with Crippen LogP contribution in [0.2, 0.25) is 0 Å². The molecule has 0 unspecified atom stereocenters. The van der Waals surface area contributed by atoms with Gasteiger partial charge in [0.05, 0.1) is 6.54 Å². The summed E-state index contributed by atoms with van der Waals surface area (Å²) in [7, 11) is 1.11. The number of aromatic nitrogens is 3. The molecule has 10 heteroatoms. The summed E-state index contributed by atoms with van der Waals surface area (Å²) in [5.74, 6) is -12.2. The van der Waals surface area contributed by atoms with Crippen LogP contribution in [0.5, 0.6) is 0 Å². The minimum Gasteiger partial charge on any atom is -0.334 e. The first-order valence-electron chi connectivity index (χ1n) is 5.45. The van der Waals surface area contributed by atoms with Crippen LogP contribution >= 0.6 is 0 Å². The van der Waals surface area contributed by atoms with Gasteiger partial charge in [-0.1, -0.05) is 0 Å². The van der Waals surface area contributed by atoms with Gasteiger partial charge in [-0.15, -0.1) is 0 Å². The average molecular weight is 306 g/mol. The molecule has 1 heterocycles. The first-order chi connectivity index (χ1) is 9.84. The van der Waals surface area contributed by atoms with Crippen LogP contribution in [0.1, 0.15) is 16.2 Å². The van der Waals surface area contributed by atoms with Gasteiger partial charge in [0.25, 0.3) is 5.91 Å². The third-order valence-electron chi connectivity index (χ3n) is 2.62. The zero-order valence-electron chi connectivity index (χ0n) is 10.4. The Hall–Kier alpha value is -2.52. The zero-order valence-corrected chi connectivity index (χ0v) is 10.4. The normalized spacial score (nSPS) is 10.8. The minimum atomic E-state index is -2.32. The summed E-state index contributed by atoms with van der Waals surface area (Å²) in [6.07, 6.45) is 1.13. The second kappa shape index (κ2) is 5.46. The van der Waals surface area contributed by atoms with Crippen LogP contribution in [0.25, 0.3) is 0 Å². The van der Waals surface area contributed by atoms with Gasteiger partial charge in [0.15, 0.2) is 23.3 Å². The summed E-state index contributed by atoms with van der Waals surface area (Å²) in [5.41, 5.74) is -1.52. The van der Waals surface area contributed by atoms with Crippen LogP contribution in [0, 0.1) is 29.1 Å². The summed E-state index contributed by atoms with van der Waals surface area (Å²) in [4.78, 5) is 16.3. The molecule has 2 aromatic rings. The van der Waals surface area contributed by atoms with Crippen molar-refractivity contribution in [1.29, 1.82) is 0 Å². The molecule has 1 aromatic heterocycles. The fourth-order valence-corrected chi connectivity index (χ4v) is 1.59. The Balaban J connectivity index is 2.39. The van der Waals surface area contributed by atoms with Crippen molar-refractivity contribution in [3.05, 3.63) is 46.8 Å². The number of carbonyl (C=O) groups is 1. The highest BCUT2D eigenvalue weighted by Crippen LogP contribution is 2.24. The fourth-order valence-electron chi connectivity index (χ4n) is 1.59. The predicted octanol–water partition coefficient (Wildman–Crippen LogP) is 1.77. The molecule has 5 nitrogen and oxygen atoms in total. The Morgan fingerprint density at radius 2 is 1.62 bits per heavy atom. The molecule has 2 rings (SSSR count). The lowest BCUT2D eigenvalue weighted by Crippen LogP contribution is -2.29. The number of hydrogen-bond donors (Lipinski definition) is 1. The van der Waals surface area contributed by atoms with Gasteiger partial charge in [-0.25, -0.2) is 26.9 Å². The van der Waals surface area contributed by atoms with Gasteiger partial charge >= 0.3 is 0 Å². The molecule has 1 amide bonds. The lowest BCUT2D eigenvalue weighted by Gasteiger charge is -2.17. The number of aromatic amines is 1. The molecule has 1 N–H and O–H groups in total. The van der Waals surface area contributed by atoms with E-state index in [0.717, 1.165) is 18.3 Å². The smallest absolute Gasteiger partial charge is 0.260 e. The van der Waals surface area contributed by atoms with Crippen molar-refractivity contribution in [2.45, 2.75) is 6.54 Å². The lowest BCUT2D eigenvalue weighted by molar-refractivity contribution is 0.0768. The van der Waals surface area contributed by atoms with Gasteiger partial charge in [0, 0.05) is 7.05 Å². The van der Waals surface area contributed by atoms with Gasteiger partial charge in [-0.05, 0) is 0 Å². The third kappa shape index (κ3) is 2.56. The Morgan fingerprint density at radius 1 is 1.10 bits per heavy atom. The van der Waals surface area contributed by atoms with Crippen molar-refractivity contribution < 1.29 is 26.7 Å². The molecule has 0 bridgehead atoms. The van der Waals surface area contributed by atoms with Crippen molar-refractivity contribution in [1.82, 2.24) is 20.1 Å². The fraction of sp³-hybridized carbons (Fsp3) is 0.182. The minimum absolute atomic E-state index is 0.176. The molecular weight excluding hydrogens is 299 g/mol. The number of H-pyrrole nitrogens is 1. The van der Waals surface area contributed by atoms with Gasteiger partial charge in [-0.2, -0.15) is 5.10 Å². The van der Waals surface area contributed by atoms with Crippen LogP contribution in [0.4, 0.5) is 22.0 Å². The summed E-state index contributed by atoms with van der Waals surface area (Å²) in [5, 5.41) is 5.88. The Bertz CT molecular complexity index is 659. The SMILES string of the molecule is CN(Cc1ncn[nH]1)C(=O)c1c(F)c(F)c(F)c(F)c1F. The zero-order chi connectivity index (χ0) is 15.7. The number of carbonyl (C=O) groups excluding carboxylic acids is 1. The Kier molecular flexibility index (Phi) is 3.87. The number of benzene rings is 1. The summed E-state index contributed by atoms with van der Waals surface area (Å²) < 4.78 is 66.0. The van der Waals surface area contributed by atoms with Crippen molar-refractivity contribution >= 4 is 5.91 Å². The van der Waals surface area contributed by atoms with Crippen LogP contribution in [-0.4, -0.2) is 33.0 Å². The van der Waals surface area contributed by atoms with E-state index in [1.165, 1.54) is 0 Å². The molecule has 0 aliphatic heterocycles. The van der Waals surface area contributed by atoms with Crippen LogP contribution in [0.15, 0.2) is 6.33 Å². The van der Waals surface area contributed by atoms with Crippen molar-refractivity contribution in [3.8, 4) is 0 Å². The molecule has 0 saturated carbocycles. The molecule has 0 saturated heterocycles. The van der Waals surface area contributed by atoms with E-state index >= 15 is 0 Å². The molecule has 0 aliphatic carbocycles. The van der Waals surface area contributed by atoms with Crippen LogP contribution in [-0.2, 0) is 6.54 Å². The summed E-state index contributed by atoms with van der Waals surface area (Å²) in [6, 6.07) is 0. The standard InChI is InChI=1S/C11H7F5N4O/c1-20(2-4-17-3-18-19-4)11(21)5-6(12)8(14)10(16)9(15)7(5)13/h3H,2H2,1H3,(H,17,18,19). The number of rotatable bonds is 3. The third-order valence-corrected chi connectivity index (χ3v) is 2.62. The maximum Gasteiger partial charge on any atom is 0.260 e. The maximum atomic E-state index is 13.5. The van der Waals surface area contributed by atoms with Gasteiger partial charge in [0.1, 0.15) is 17.7 Å². The van der Waals surface area contributed by atoms with E-state index in [9.17, 15) is 26.7 Å². The first kappa shape index (κ1) is 14.9. The predicted molar refractivity (Wildman–Crippen MR) is 58.4 cm³/mol. The first-order valence-corrected chi connectivity index (χ1v) is 5.45. The molecule has 112 valence electrons. The number of hydrogen-bond acceptors (Lipinski definition) is 3. The molecule has 21 heavy (non-hydrogen) atoms. The Morgan fingerprint density at radius 3 is 2.10 bits per heavy atom. The number of nitrogens with one attached hydrogen (secondary N) is 1. The molecule has 0 fully saturated rings. The van der Waals surface area contributed by atoms with E-state index in [0.29, 0.717) is 0 Å². The topological polar surface area (TPSA) is 61.9 Å². The molecule has 0 spiro atoms. The largest absolute Gasteiger partial charge is 0.334 e. The lowest BCUT2D eigenvalue weighted by atomic mass is 10.1. The van der Waals surface area contributed by atoms with E-state index in [-0.39, 0.29) is 12.4 Å². The highest BCUT2D eigenvalue weighted by molar-refractivity contribution is 5.94. The second-order valence-electron chi connectivity index (χ2n) is 4.04. The summed E-state index contributed by atoms with van der Waals surface area (Å²) >= 11 is 0. The molecule has 1 aromatic carbocycles. The van der Waals surface area contributed by atoms with Crippen LogP contribution in [0.3, 0.4) is 0 Å². The monoisotopic (exact) mass is 306 g/mol. The van der Waals surface area contributed by atoms with E-state index in [4.69, 9.17) is 0 Å². The molecule has 0 atom stereocenters. The van der Waals surface area contributed by atoms with E-state index in [1.54, 1.807) is 0 Å². The molecular formula is C11H7F5N4O. The maximum absolute atomic E-state index is 13.5. The second-order valence-corrected chi connectivity index (χ2v) is 4.04. The van der Waals surface area contributed by atoms with Crippen molar-refractivity contribution in [3.63, 3.8) is 0 Å². The number of nitrogens with zero attached hydrogens (tertiary/aromatic N) is 3. The van der Waals surface area contributed by atoms with Crippen molar-refractivity contribution in [2.24, 2.45) is 0 Å². The van der Waals surface area contributed by atoms with Crippen molar-refractivity contribution in [2.75, 3.05) is 7.05 Å². The van der Waals surface area contributed by atoms with Gasteiger partial charge < -0.3 is 4.90 Å². The number of halogens is 5. The summed E-state index contributed by atoms with van der Waals surface area (Å²) in [6.45, 7) is -0.252.